The number of hydrogen-bond donors (Lipinski definition) is 1. The van der Waals surface area contributed by atoms with Crippen LogP contribution in [-0.2, 0) is 4.74 Å². The highest BCUT2D eigenvalue weighted by atomic mass is 16.5. The van der Waals surface area contributed by atoms with Crippen molar-refractivity contribution in [1.82, 2.24) is 5.32 Å². The van der Waals surface area contributed by atoms with Crippen molar-refractivity contribution in [3.05, 3.63) is 0 Å². The number of nitrogens with one attached hydrogen (secondary N) is 1. The Hall–Kier alpha value is -0.0800. The fourth-order valence-electron chi connectivity index (χ4n) is 2.30. The number of ether oxygens (including phenoxy) is 1. The van der Waals surface area contributed by atoms with E-state index in [-0.39, 0.29) is 0 Å². The first-order valence-electron chi connectivity index (χ1n) is 6.53. The molecule has 0 aliphatic heterocycles. The van der Waals surface area contributed by atoms with E-state index in [2.05, 4.69) is 26.2 Å². The maximum Gasteiger partial charge on any atom is 0.0728 e. The summed E-state index contributed by atoms with van der Waals surface area (Å²) in [4.78, 5) is 0. The molecule has 0 spiro atoms. The molecule has 0 heterocycles. The summed E-state index contributed by atoms with van der Waals surface area (Å²) < 4.78 is 6.02. The van der Waals surface area contributed by atoms with E-state index in [0.29, 0.717) is 18.1 Å². The van der Waals surface area contributed by atoms with Gasteiger partial charge in [0, 0.05) is 12.6 Å². The zero-order chi connectivity index (χ0) is 11.1. The van der Waals surface area contributed by atoms with Crippen LogP contribution < -0.4 is 5.32 Å². The van der Waals surface area contributed by atoms with Crippen LogP contribution in [0, 0.1) is 5.92 Å². The maximum atomic E-state index is 6.02. The highest BCUT2D eigenvalue weighted by Crippen LogP contribution is 2.20. The molecular formula is C13H27NO. The summed E-state index contributed by atoms with van der Waals surface area (Å²) in [5.41, 5.74) is 0. The van der Waals surface area contributed by atoms with Crippen molar-refractivity contribution in [1.29, 1.82) is 0 Å². The zero-order valence-corrected chi connectivity index (χ0v) is 10.6. The van der Waals surface area contributed by atoms with E-state index in [1.165, 1.54) is 38.5 Å². The van der Waals surface area contributed by atoms with E-state index < -0.39 is 0 Å². The predicted molar refractivity (Wildman–Crippen MR) is 65.1 cm³/mol. The maximum absolute atomic E-state index is 6.02. The second-order valence-electron chi connectivity index (χ2n) is 5.15. The monoisotopic (exact) mass is 213 g/mol. The van der Waals surface area contributed by atoms with E-state index in [1.54, 1.807) is 0 Å². The summed E-state index contributed by atoms with van der Waals surface area (Å²) >= 11 is 0. The van der Waals surface area contributed by atoms with Gasteiger partial charge >= 0.3 is 0 Å². The van der Waals surface area contributed by atoms with Crippen LogP contribution in [0.3, 0.4) is 0 Å². The molecule has 1 fully saturated rings. The van der Waals surface area contributed by atoms with Crippen molar-refractivity contribution in [2.75, 3.05) is 13.7 Å². The Morgan fingerprint density at radius 3 is 2.40 bits per heavy atom. The molecule has 0 amide bonds. The molecule has 0 aromatic carbocycles. The molecule has 2 heteroatoms. The third-order valence-corrected chi connectivity index (χ3v) is 3.22. The van der Waals surface area contributed by atoms with E-state index in [4.69, 9.17) is 4.74 Å². The molecule has 1 saturated carbocycles. The first kappa shape index (κ1) is 13.0. The van der Waals surface area contributed by atoms with Crippen LogP contribution in [0.25, 0.3) is 0 Å². The van der Waals surface area contributed by atoms with Crippen LogP contribution >= 0.6 is 0 Å². The minimum atomic E-state index is 0.442. The second kappa shape index (κ2) is 7.24. The molecule has 2 nitrogen and oxygen atoms in total. The topological polar surface area (TPSA) is 21.3 Å². The van der Waals surface area contributed by atoms with Gasteiger partial charge in [-0.05, 0) is 25.8 Å². The van der Waals surface area contributed by atoms with Crippen molar-refractivity contribution < 1.29 is 4.74 Å². The Morgan fingerprint density at radius 2 is 1.80 bits per heavy atom. The van der Waals surface area contributed by atoms with Gasteiger partial charge in [-0.1, -0.05) is 39.5 Å². The van der Waals surface area contributed by atoms with Gasteiger partial charge in [-0.3, -0.25) is 0 Å². The van der Waals surface area contributed by atoms with Crippen molar-refractivity contribution in [3.63, 3.8) is 0 Å². The molecule has 0 aromatic heterocycles. The van der Waals surface area contributed by atoms with E-state index in [9.17, 15) is 0 Å². The minimum Gasteiger partial charge on any atom is -0.376 e. The van der Waals surface area contributed by atoms with Crippen LogP contribution in [0.4, 0.5) is 0 Å². The molecule has 0 aromatic rings. The summed E-state index contributed by atoms with van der Waals surface area (Å²) in [5, 5.41) is 3.42. The van der Waals surface area contributed by atoms with Crippen molar-refractivity contribution in [3.8, 4) is 0 Å². The zero-order valence-electron chi connectivity index (χ0n) is 10.6. The molecule has 2 atom stereocenters. The third kappa shape index (κ3) is 4.98. The SMILES string of the molecule is CNC1CCCCCCC1OCC(C)C. The first-order chi connectivity index (χ1) is 7.24. The Morgan fingerprint density at radius 1 is 1.13 bits per heavy atom. The molecule has 1 N–H and O–H groups in total. The summed E-state index contributed by atoms with van der Waals surface area (Å²) in [7, 11) is 2.07. The van der Waals surface area contributed by atoms with Crippen LogP contribution in [0.15, 0.2) is 0 Å². The van der Waals surface area contributed by atoms with E-state index in [0.717, 1.165) is 6.61 Å². The normalized spacial score (nSPS) is 28.8. The molecular weight excluding hydrogens is 186 g/mol. The predicted octanol–water partition coefficient (Wildman–Crippen LogP) is 2.97. The Balaban J connectivity index is 2.38. The Kier molecular flexibility index (Phi) is 6.26. The highest BCUT2D eigenvalue weighted by Gasteiger charge is 2.21. The van der Waals surface area contributed by atoms with Crippen LogP contribution in [0.5, 0.6) is 0 Å². The molecule has 90 valence electrons. The quantitative estimate of drug-likeness (QED) is 0.775. The van der Waals surface area contributed by atoms with Crippen molar-refractivity contribution >= 4 is 0 Å². The number of rotatable bonds is 4. The molecule has 15 heavy (non-hydrogen) atoms. The van der Waals surface area contributed by atoms with Gasteiger partial charge in [0.1, 0.15) is 0 Å². The highest BCUT2D eigenvalue weighted by molar-refractivity contribution is 4.78. The van der Waals surface area contributed by atoms with Crippen LogP contribution in [-0.4, -0.2) is 25.8 Å². The Labute approximate surface area is 94.8 Å². The van der Waals surface area contributed by atoms with Gasteiger partial charge in [0.05, 0.1) is 6.10 Å². The summed E-state index contributed by atoms with van der Waals surface area (Å²) in [5.74, 6) is 0.646. The molecule has 1 rings (SSSR count). The molecule has 1 aliphatic carbocycles. The second-order valence-corrected chi connectivity index (χ2v) is 5.15. The average molecular weight is 213 g/mol. The van der Waals surface area contributed by atoms with Gasteiger partial charge in [0.2, 0.25) is 0 Å². The Bertz CT molecular complexity index is 159. The first-order valence-corrected chi connectivity index (χ1v) is 6.53. The van der Waals surface area contributed by atoms with Crippen LogP contribution in [0.1, 0.15) is 52.4 Å². The standard InChI is InChI=1S/C13H27NO/c1-11(2)10-15-13-9-7-5-4-6-8-12(13)14-3/h11-14H,4-10H2,1-3H3. The van der Waals surface area contributed by atoms with Gasteiger partial charge in [0.15, 0.2) is 0 Å². The largest absolute Gasteiger partial charge is 0.376 e. The van der Waals surface area contributed by atoms with Crippen LogP contribution in [0.2, 0.25) is 0 Å². The number of likely N-dealkylation sites (N-methyl/N-ethyl adjacent to an activating group) is 1. The van der Waals surface area contributed by atoms with Gasteiger partial charge in [-0.2, -0.15) is 0 Å². The number of hydrogen-bond acceptors (Lipinski definition) is 2. The van der Waals surface area contributed by atoms with Crippen molar-refractivity contribution in [2.45, 2.75) is 64.5 Å². The lowest BCUT2D eigenvalue weighted by Gasteiger charge is -2.29. The van der Waals surface area contributed by atoms with Gasteiger partial charge in [0.25, 0.3) is 0 Å². The fourth-order valence-corrected chi connectivity index (χ4v) is 2.30. The third-order valence-electron chi connectivity index (χ3n) is 3.22. The lowest BCUT2D eigenvalue weighted by Crippen LogP contribution is -2.40. The summed E-state index contributed by atoms with van der Waals surface area (Å²) in [6, 6.07) is 0.573. The lowest BCUT2D eigenvalue weighted by atomic mass is 9.94. The van der Waals surface area contributed by atoms with E-state index in [1.807, 2.05) is 0 Å². The van der Waals surface area contributed by atoms with E-state index >= 15 is 0 Å². The van der Waals surface area contributed by atoms with Gasteiger partial charge < -0.3 is 10.1 Å². The minimum absolute atomic E-state index is 0.442. The molecule has 1 aliphatic rings. The smallest absolute Gasteiger partial charge is 0.0728 e. The average Bonchev–Trinajstić information content (AvgIpc) is 2.16. The van der Waals surface area contributed by atoms with Crippen molar-refractivity contribution in [2.24, 2.45) is 5.92 Å². The fraction of sp³-hybridized carbons (Fsp3) is 1.00. The molecule has 0 radical (unpaired) electrons. The van der Waals surface area contributed by atoms with Gasteiger partial charge in [-0.15, -0.1) is 0 Å². The molecule has 0 saturated heterocycles. The van der Waals surface area contributed by atoms with Gasteiger partial charge in [-0.25, -0.2) is 0 Å². The summed E-state index contributed by atoms with van der Waals surface area (Å²) in [6.07, 6.45) is 8.43. The summed E-state index contributed by atoms with van der Waals surface area (Å²) in [6.45, 7) is 5.34. The molecule has 2 unspecified atom stereocenters. The molecule has 0 bridgehead atoms. The lowest BCUT2D eigenvalue weighted by molar-refractivity contribution is 0.00176.